The molecule has 0 aromatic carbocycles. The zero-order valence-corrected chi connectivity index (χ0v) is 16.6. The first-order chi connectivity index (χ1) is 12.4. The largest absolute Gasteiger partial charge is 0.352 e. The van der Waals surface area contributed by atoms with Gasteiger partial charge in [0, 0.05) is 24.7 Å². The number of hydrogen-bond donors (Lipinski definition) is 4. The van der Waals surface area contributed by atoms with Crippen LogP contribution in [0.1, 0.15) is 58.3 Å². The molecule has 3 rings (SSSR count). The van der Waals surface area contributed by atoms with E-state index >= 15 is 0 Å². The van der Waals surface area contributed by atoms with E-state index in [9.17, 15) is 13.2 Å². The summed E-state index contributed by atoms with van der Waals surface area (Å²) in [5.74, 6) is 1.39. The number of hydrogen-bond acceptors (Lipinski definition) is 5. The number of carbonyl (C=O) groups excluding carboxylic acids is 1. The van der Waals surface area contributed by atoms with E-state index in [4.69, 9.17) is 5.73 Å². The number of nitrogens with two attached hydrogens (primary N) is 1. The first kappa shape index (κ1) is 20.0. The first-order valence-corrected chi connectivity index (χ1v) is 11.8. The van der Waals surface area contributed by atoms with Crippen molar-refractivity contribution in [2.75, 3.05) is 12.3 Å². The molecule has 1 aliphatic heterocycles. The average molecular weight is 387 g/mol. The normalized spacial score (nSPS) is 37.9. The predicted octanol–water partition coefficient (Wildman–Crippen LogP) is 0.459. The molecule has 0 bridgehead atoms. The van der Waals surface area contributed by atoms with Crippen LogP contribution in [0.3, 0.4) is 0 Å². The van der Waals surface area contributed by atoms with Crippen molar-refractivity contribution in [1.29, 1.82) is 0 Å². The van der Waals surface area contributed by atoms with Gasteiger partial charge in [0.25, 0.3) is 0 Å². The van der Waals surface area contributed by atoms with Crippen LogP contribution in [0.2, 0.25) is 0 Å². The van der Waals surface area contributed by atoms with Crippen LogP contribution in [-0.4, -0.2) is 50.8 Å². The van der Waals surface area contributed by atoms with E-state index in [0.717, 1.165) is 32.1 Å². The lowest BCUT2D eigenvalue weighted by molar-refractivity contribution is -0.123. The lowest BCUT2D eigenvalue weighted by atomic mass is 9.78. The quantitative estimate of drug-likeness (QED) is 0.530. The number of fused-ring (bicyclic) bond motifs is 1. The molecular formula is C18H34N4O3S. The molecule has 26 heavy (non-hydrogen) atoms. The molecule has 1 amide bonds. The highest BCUT2D eigenvalue weighted by molar-refractivity contribution is 7.89. The minimum absolute atomic E-state index is 0.0300. The Morgan fingerprint density at radius 1 is 1.12 bits per heavy atom. The molecule has 0 aromatic heterocycles. The molecule has 7 nitrogen and oxygen atoms in total. The summed E-state index contributed by atoms with van der Waals surface area (Å²) in [6.45, 7) is 2.42. The van der Waals surface area contributed by atoms with Gasteiger partial charge in [0.15, 0.2) is 0 Å². The third-order valence-corrected chi connectivity index (χ3v) is 7.88. The molecule has 0 aromatic rings. The number of sulfonamides is 1. The minimum Gasteiger partial charge on any atom is -0.352 e. The maximum atomic E-state index is 12.7. The Hall–Kier alpha value is -0.700. The van der Waals surface area contributed by atoms with Gasteiger partial charge in [-0.1, -0.05) is 13.3 Å². The summed E-state index contributed by atoms with van der Waals surface area (Å²) < 4.78 is 26.4. The molecule has 2 saturated carbocycles. The zero-order valence-electron chi connectivity index (χ0n) is 15.7. The van der Waals surface area contributed by atoms with E-state index in [1.54, 1.807) is 0 Å². The van der Waals surface area contributed by atoms with Gasteiger partial charge < -0.3 is 16.4 Å². The lowest BCUT2D eigenvalue weighted by Gasteiger charge is -2.31. The molecule has 5 N–H and O–H groups in total. The predicted molar refractivity (Wildman–Crippen MR) is 102 cm³/mol. The van der Waals surface area contributed by atoms with Crippen LogP contribution in [0, 0.1) is 11.8 Å². The molecule has 2 aliphatic carbocycles. The summed E-state index contributed by atoms with van der Waals surface area (Å²) in [4.78, 5) is 12.7. The van der Waals surface area contributed by atoms with Gasteiger partial charge in [0.2, 0.25) is 15.9 Å². The Labute approximate surface area is 157 Å². The van der Waals surface area contributed by atoms with Crippen molar-refractivity contribution in [2.24, 2.45) is 17.6 Å². The van der Waals surface area contributed by atoms with E-state index < -0.39 is 10.0 Å². The Bertz CT molecular complexity index is 589. The second-order valence-electron chi connectivity index (χ2n) is 8.43. The van der Waals surface area contributed by atoms with Crippen molar-refractivity contribution in [1.82, 2.24) is 15.4 Å². The molecule has 4 unspecified atom stereocenters. The fourth-order valence-electron chi connectivity index (χ4n) is 5.00. The van der Waals surface area contributed by atoms with E-state index in [1.165, 1.54) is 19.3 Å². The maximum Gasteiger partial charge on any atom is 0.237 e. The summed E-state index contributed by atoms with van der Waals surface area (Å²) in [6, 6.07) is 0.547. The molecule has 1 heterocycles. The Morgan fingerprint density at radius 2 is 1.81 bits per heavy atom. The van der Waals surface area contributed by atoms with Crippen molar-refractivity contribution in [3.63, 3.8) is 0 Å². The number of rotatable bonds is 6. The van der Waals surface area contributed by atoms with Crippen LogP contribution in [0.25, 0.3) is 0 Å². The van der Waals surface area contributed by atoms with Gasteiger partial charge in [0.1, 0.15) is 0 Å². The number of nitrogens with one attached hydrogen (secondary N) is 3. The topological polar surface area (TPSA) is 113 Å². The van der Waals surface area contributed by atoms with Crippen molar-refractivity contribution in [2.45, 2.75) is 82.5 Å². The lowest BCUT2D eigenvalue weighted by Crippen LogP contribution is -2.50. The smallest absolute Gasteiger partial charge is 0.237 e. The summed E-state index contributed by atoms with van der Waals surface area (Å²) >= 11 is 0. The van der Waals surface area contributed by atoms with Crippen LogP contribution >= 0.6 is 0 Å². The Kier molecular flexibility index (Phi) is 6.59. The molecule has 1 saturated heterocycles. The monoisotopic (exact) mass is 386 g/mol. The first-order valence-electron chi connectivity index (χ1n) is 10.1. The third-order valence-electron chi connectivity index (χ3n) is 6.41. The van der Waals surface area contributed by atoms with Crippen LogP contribution in [0.5, 0.6) is 0 Å². The van der Waals surface area contributed by atoms with Gasteiger partial charge in [-0.05, 0) is 56.8 Å². The minimum atomic E-state index is -3.27. The fraction of sp³-hybridized carbons (Fsp3) is 0.944. The van der Waals surface area contributed by atoms with Crippen LogP contribution in [0.4, 0.5) is 0 Å². The Balaban J connectivity index is 1.43. The molecule has 4 atom stereocenters. The molecular weight excluding hydrogens is 352 g/mol. The molecule has 150 valence electrons. The van der Waals surface area contributed by atoms with Gasteiger partial charge in [0.05, 0.1) is 11.8 Å². The standard InChI is InChI=1S/C18H34N4O3S/c1-12-3-2-4-13-11-16(21-17(12)13)18(23)20-14-5-7-15(8-6-14)22-26(24,25)10-9-19/h12-17,21-22H,2-11,19H2,1H3,(H,20,23). The van der Waals surface area contributed by atoms with Crippen LogP contribution < -0.4 is 21.1 Å². The van der Waals surface area contributed by atoms with Gasteiger partial charge in [-0.15, -0.1) is 0 Å². The second kappa shape index (κ2) is 8.54. The molecule has 3 aliphatic rings. The summed E-state index contributed by atoms with van der Waals surface area (Å²) in [5.41, 5.74) is 5.34. The molecule has 3 fully saturated rings. The third kappa shape index (κ3) is 4.97. The van der Waals surface area contributed by atoms with E-state index in [2.05, 4.69) is 22.3 Å². The summed E-state index contributed by atoms with van der Waals surface area (Å²) in [7, 11) is -3.27. The highest BCUT2D eigenvalue weighted by atomic mass is 32.2. The Morgan fingerprint density at radius 3 is 2.46 bits per heavy atom. The SMILES string of the molecule is CC1CCCC2CC(C(=O)NC3CCC(NS(=O)(=O)CCN)CC3)NC12. The second-order valence-corrected chi connectivity index (χ2v) is 10.3. The molecule has 0 spiro atoms. The van der Waals surface area contributed by atoms with Gasteiger partial charge >= 0.3 is 0 Å². The summed E-state index contributed by atoms with van der Waals surface area (Å²) in [5, 5.41) is 6.77. The van der Waals surface area contributed by atoms with Crippen molar-refractivity contribution < 1.29 is 13.2 Å². The fourth-order valence-corrected chi connectivity index (χ4v) is 6.17. The van der Waals surface area contributed by atoms with Gasteiger partial charge in [-0.3, -0.25) is 4.79 Å². The van der Waals surface area contributed by atoms with Gasteiger partial charge in [-0.2, -0.15) is 0 Å². The zero-order chi connectivity index (χ0) is 18.7. The van der Waals surface area contributed by atoms with E-state index in [0.29, 0.717) is 17.9 Å². The summed E-state index contributed by atoms with van der Waals surface area (Å²) in [6.07, 6.45) is 7.88. The van der Waals surface area contributed by atoms with Crippen molar-refractivity contribution in [3.8, 4) is 0 Å². The number of amides is 1. The molecule has 0 radical (unpaired) electrons. The van der Waals surface area contributed by atoms with Crippen LogP contribution in [0.15, 0.2) is 0 Å². The maximum absolute atomic E-state index is 12.7. The van der Waals surface area contributed by atoms with E-state index in [1.807, 2.05) is 0 Å². The van der Waals surface area contributed by atoms with Crippen molar-refractivity contribution in [3.05, 3.63) is 0 Å². The van der Waals surface area contributed by atoms with Crippen molar-refractivity contribution >= 4 is 15.9 Å². The van der Waals surface area contributed by atoms with Gasteiger partial charge in [-0.25, -0.2) is 13.1 Å². The van der Waals surface area contributed by atoms with E-state index in [-0.39, 0.29) is 36.3 Å². The number of carbonyl (C=O) groups is 1. The van der Waals surface area contributed by atoms with Crippen LogP contribution in [-0.2, 0) is 14.8 Å². The molecule has 8 heteroatoms. The highest BCUT2D eigenvalue weighted by Gasteiger charge is 2.41. The highest BCUT2D eigenvalue weighted by Crippen LogP contribution is 2.36. The average Bonchev–Trinajstić information content (AvgIpc) is 3.02.